The maximum absolute atomic E-state index is 11.1. The van der Waals surface area contributed by atoms with Crippen molar-refractivity contribution in [2.75, 3.05) is 23.3 Å². The van der Waals surface area contributed by atoms with Crippen LogP contribution in [0.3, 0.4) is 0 Å². The van der Waals surface area contributed by atoms with E-state index in [-0.39, 0.29) is 22.4 Å². The first-order valence-corrected chi connectivity index (χ1v) is 6.02. The summed E-state index contributed by atoms with van der Waals surface area (Å²) in [6.45, 7) is 1.57. The van der Waals surface area contributed by atoms with Gasteiger partial charge in [0.15, 0.2) is 0 Å². The van der Waals surface area contributed by atoms with Gasteiger partial charge in [0.05, 0.1) is 12.9 Å². The van der Waals surface area contributed by atoms with Crippen molar-refractivity contribution in [2.45, 2.75) is 11.8 Å². The number of carbonyl (C=O) groups is 1. The zero-order chi connectivity index (χ0) is 14.6. The lowest BCUT2D eigenvalue weighted by atomic mass is 10.2. The number of aryl methyl sites for hydroxylation is 1. The van der Waals surface area contributed by atoms with Crippen LogP contribution in [0.4, 0.5) is 11.4 Å². The van der Waals surface area contributed by atoms with Crippen molar-refractivity contribution in [1.82, 2.24) is 0 Å². The van der Waals surface area contributed by atoms with E-state index in [1.165, 1.54) is 13.2 Å². The van der Waals surface area contributed by atoms with Gasteiger partial charge in [-0.1, -0.05) is 0 Å². The summed E-state index contributed by atoms with van der Waals surface area (Å²) in [5, 5.41) is 38.7. The van der Waals surface area contributed by atoms with Gasteiger partial charge in [-0.3, -0.25) is 15.2 Å². The molecule has 19 heavy (non-hydrogen) atoms. The van der Waals surface area contributed by atoms with Gasteiger partial charge in [-0.2, -0.15) is 0 Å². The van der Waals surface area contributed by atoms with Crippen molar-refractivity contribution < 1.29 is 19.9 Å². The van der Waals surface area contributed by atoms with Crippen LogP contribution in [-0.2, 0) is 9.53 Å². The summed E-state index contributed by atoms with van der Waals surface area (Å²) in [5.74, 6) is -0.535. The summed E-state index contributed by atoms with van der Waals surface area (Å²) >= 11 is 0.996. The number of thioether (sulfide) groups is 1. The number of ether oxygens (including phenoxy) is 1. The van der Waals surface area contributed by atoms with Crippen LogP contribution < -0.4 is 10.5 Å². The smallest absolute Gasteiger partial charge is 0.315 e. The van der Waals surface area contributed by atoms with E-state index in [2.05, 4.69) is 4.74 Å². The molecular weight excluding hydrogens is 276 g/mol. The van der Waals surface area contributed by atoms with E-state index in [0.717, 1.165) is 17.8 Å². The average Bonchev–Trinajstić information content (AvgIpc) is 2.35. The predicted molar refractivity (Wildman–Crippen MR) is 69.2 cm³/mol. The largest absolute Gasteiger partial charge is 0.769 e. The Hall–Kier alpha value is -1.52. The van der Waals surface area contributed by atoms with Gasteiger partial charge >= 0.3 is 5.97 Å². The van der Waals surface area contributed by atoms with Crippen molar-refractivity contribution in [3.63, 3.8) is 0 Å². The van der Waals surface area contributed by atoms with Gasteiger partial charge in [0.1, 0.15) is 5.69 Å². The van der Waals surface area contributed by atoms with Crippen LogP contribution in [0, 0.1) is 17.3 Å². The Bertz CT molecular complexity index is 466. The molecule has 0 unspecified atom stereocenters. The Morgan fingerprint density at radius 2 is 2.05 bits per heavy atom. The molecule has 8 nitrogen and oxygen atoms in total. The molecule has 1 aromatic rings. The quantitative estimate of drug-likeness (QED) is 0.473. The molecule has 1 aromatic carbocycles. The molecular formula is C10H12N2O6S-2. The van der Waals surface area contributed by atoms with Crippen molar-refractivity contribution in [3.05, 3.63) is 28.1 Å². The minimum Gasteiger partial charge on any atom is -0.769 e. The number of benzene rings is 1. The molecule has 0 saturated heterocycles. The number of carbonyl (C=O) groups excluding carboxylic acids is 1. The van der Waals surface area contributed by atoms with Gasteiger partial charge in [0, 0.05) is 10.6 Å². The highest BCUT2D eigenvalue weighted by molar-refractivity contribution is 8.00. The molecule has 0 aliphatic rings. The first-order valence-electron chi connectivity index (χ1n) is 5.03. The molecule has 0 fully saturated rings. The Morgan fingerprint density at radius 3 is 2.53 bits per heavy atom. The molecule has 0 heterocycles. The van der Waals surface area contributed by atoms with Crippen LogP contribution in [0.2, 0.25) is 0 Å². The first-order chi connectivity index (χ1) is 8.86. The van der Waals surface area contributed by atoms with Crippen LogP contribution in [0.25, 0.3) is 0 Å². The molecule has 106 valence electrons. The summed E-state index contributed by atoms with van der Waals surface area (Å²) in [4.78, 5) is 11.4. The highest BCUT2D eigenvalue weighted by Gasteiger charge is 2.14. The van der Waals surface area contributed by atoms with E-state index < -0.39 is 11.2 Å². The van der Waals surface area contributed by atoms with Crippen molar-refractivity contribution in [2.24, 2.45) is 0 Å². The van der Waals surface area contributed by atoms with E-state index >= 15 is 0 Å². The van der Waals surface area contributed by atoms with Gasteiger partial charge in [-0.15, -0.1) is 17.0 Å². The third kappa shape index (κ3) is 3.98. The molecule has 0 bridgehead atoms. The molecule has 0 aliphatic carbocycles. The average molecular weight is 288 g/mol. The van der Waals surface area contributed by atoms with E-state index in [9.17, 15) is 15.2 Å². The number of methoxy groups -OCH3 is 1. The third-order valence-electron chi connectivity index (χ3n) is 2.23. The summed E-state index contributed by atoms with van der Waals surface area (Å²) in [7, 11) is 1.23. The van der Waals surface area contributed by atoms with Gasteiger partial charge in [0.25, 0.3) is 0 Å². The third-order valence-corrected chi connectivity index (χ3v) is 3.43. The molecule has 0 aromatic heterocycles. The second-order valence-corrected chi connectivity index (χ2v) is 4.51. The van der Waals surface area contributed by atoms with Crippen molar-refractivity contribution in [1.29, 1.82) is 0 Å². The number of hydrogen-bond acceptors (Lipinski definition) is 9. The second-order valence-electron chi connectivity index (χ2n) is 3.52. The number of anilines is 2. The maximum Gasteiger partial charge on any atom is 0.315 e. The van der Waals surface area contributed by atoms with E-state index in [1.807, 2.05) is 0 Å². The van der Waals surface area contributed by atoms with Gasteiger partial charge in [-0.05, 0) is 24.6 Å². The maximum atomic E-state index is 11.1. The van der Waals surface area contributed by atoms with Crippen LogP contribution in [0.5, 0.6) is 0 Å². The molecule has 0 aliphatic heterocycles. The minimum absolute atomic E-state index is 0.0456. The number of nitrogens with zero attached hydrogens (tertiary/aromatic N) is 2. The number of hydrogen-bond donors (Lipinski definition) is 2. The molecule has 0 radical (unpaired) electrons. The molecule has 1 rings (SSSR count). The van der Waals surface area contributed by atoms with E-state index in [4.69, 9.17) is 10.4 Å². The Kier molecular flexibility index (Phi) is 5.39. The Balaban J connectivity index is 3.11. The van der Waals surface area contributed by atoms with Crippen molar-refractivity contribution in [3.8, 4) is 0 Å². The predicted octanol–water partition coefficient (Wildman–Crippen LogP) is 1.65. The molecule has 9 heteroatoms. The lowest BCUT2D eigenvalue weighted by Gasteiger charge is -2.38. The zero-order valence-electron chi connectivity index (χ0n) is 10.2. The second kappa shape index (κ2) is 6.59. The summed E-state index contributed by atoms with van der Waals surface area (Å²) in [6, 6.07) is 2.29. The monoisotopic (exact) mass is 288 g/mol. The normalized spacial score (nSPS) is 10.2. The topological polar surface area (TPSA) is 119 Å². The van der Waals surface area contributed by atoms with Gasteiger partial charge in [0.2, 0.25) is 0 Å². The summed E-state index contributed by atoms with van der Waals surface area (Å²) in [6.07, 6.45) is 0. The van der Waals surface area contributed by atoms with Crippen LogP contribution in [0.15, 0.2) is 17.0 Å². The molecule has 0 spiro atoms. The van der Waals surface area contributed by atoms with E-state index in [1.54, 1.807) is 6.92 Å². The molecule has 0 saturated carbocycles. The van der Waals surface area contributed by atoms with Gasteiger partial charge in [-0.25, -0.2) is 0 Å². The first kappa shape index (κ1) is 15.5. The van der Waals surface area contributed by atoms with Crippen LogP contribution >= 0.6 is 11.8 Å². The zero-order valence-corrected chi connectivity index (χ0v) is 11.0. The standard InChI is InChI=1S/C10H12N2O6S/c1-6-3-7(11(14)15)4-8(12(16)17)10(6)19-5-9(13)18-2/h3-4,16-17H,5H2,1-2H3/q-2. The Labute approximate surface area is 113 Å². The molecule has 0 atom stereocenters. The fraction of sp³-hybridized carbons (Fsp3) is 0.300. The molecule has 2 N–H and O–H groups in total. The summed E-state index contributed by atoms with van der Waals surface area (Å²) in [5.41, 5.74) is 0.00910. The minimum atomic E-state index is -0.644. The van der Waals surface area contributed by atoms with Crippen molar-refractivity contribution >= 4 is 29.1 Å². The Morgan fingerprint density at radius 1 is 1.42 bits per heavy atom. The highest BCUT2D eigenvalue weighted by atomic mass is 32.2. The lowest BCUT2D eigenvalue weighted by molar-refractivity contribution is -0.137. The lowest BCUT2D eigenvalue weighted by Crippen LogP contribution is -2.15. The summed E-state index contributed by atoms with van der Waals surface area (Å²) < 4.78 is 4.47. The van der Waals surface area contributed by atoms with E-state index in [0.29, 0.717) is 10.5 Å². The van der Waals surface area contributed by atoms with Gasteiger partial charge < -0.3 is 20.4 Å². The fourth-order valence-electron chi connectivity index (χ4n) is 1.37. The van der Waals surface area contributed by atoms with Crippen LogP contribution in [0.1, 0.15) is 5.56 Å². The molecule has 0 amide bonds. The number of rotatable bonds is 5. The van der Waals surface area contributed by atoms with Crippen LogP contribution in [-0.4, -0.2) is 29.2 Å². The fourth-order valence-corrected chi connectivity index (χ4v) is 2.32. The number of esters is 1. The SMILES string of the molecule is COC(=O)CSc1c(C)cc(N([O-])[O-])cc1N(O)O. The highest BCUT2D eigenvalue weighted by Crippen LogP contribution is 2.36.